The maximum atomic E-state index is 13.0. The summed E-state index contributed by atoms with van der Waals surface area (Å²) >= 11 is 0. The van der Waals surface area contributed by atoms with Gasteiger partial charge in [0.2, 0.25) is 0 Å². The molecule has 0 amide bonds. The van der Waals surface area contributed by atoms with E-state index in [1.54, 1.807) is 0 Å². The average molecular weight is 394 g/mol. The monoisotopic (exact) mass is 393 g/mol. The molecule has 0 spiro atoms. The van der Waals surface area contributed by atoms with Gasteiger partial charge in [0.15, 0.2) is 0 Å². The lowest BCUT2D eigenvalue weighted by molar-refractivity contribution is 0.746. The van der Waals surface area contributed by atoms with Crippen LogP contribution < -0.4 is 5.56 Å². The molecule has 0 aliphatic carbocycles. The predicted molar refractivity (Wildman–Crippen MR) is 124 cm³/mol. The molecule has 150 valence electrons. The lowest BCUT2D eigenvalue weighted by Gasteiger charge is -2.38. The van der Waals surface area contributed by atoms with Crippen LogP contribution in [0.4, 0.5) is 0 Å². The summed E-state index contributed by atoms with van der Waals surface area (Å²) in [4.78, 5) is 13.0. The van der Waals surface area contributed by atoms with Gasteiger partial charge in [-0.2, -0.15) is 0 Å². The van der Waals surface area contributed by atoms with E-state index in [1.165, 1.54) is 0 Å². The number of rotatable bonds is 5. The molecule has 0 fully saturated rings. The van der Waals surface area contributed by atoms with E-state index in [1.807, 2.05) is 35.9 Å². The highest BCUT2D eigenvalue weighted by molar-refractivity contribution is 6.90. The third-order valence-corrected chi connectivity index (χ3v) is 12.5. The lowest BCUT2D eigenvalue weighted by atomic mass is 10.1. The van der Waals surface area contributed by atoms with E-state index in [9.17, 15) is 4.79 Å². The summed E-state index contributed by atoms with van der Waals surface area (Å²) in [6.07, 6.45) is 1.97. The highest BCUT2D eigenvalue weighted by Gasteiger charge is 2.41. The summed E-state index contributed by atoms with van der Waals surface area (Å²) in [6.45, 7) is 18.5. The quantitative estimate of drug-likeness (QED) is 0.445. The van der Waals surface area contributed by atoms with Crippen LogP contribution in [0.1, 0.15) is 63.8 Å². The first-order chi connectivity index (χ1) is 13.1. The fourth-order valence-electron chi connectivity index (χ4n) is 4.67. The van der Waals surface area contributed by atoms with Crippen molar-refractivity contribution in [2.45, 2.75) is 78.6 Å². The maximum Gasteiger partial charge on any atom is 0.255 e. The molecule has 0 N–H and O–H groups in total. The van der Waals surface area contributed by atoms with E-state index in [2.05, 4.69) is 72.1 Å². The number of nitrogens with zero attached hydrogens (tertiary/aromatic N) is 1. The van der Waals surface area contributed by atoms with Crippen LogP contribution in [0, 0.1) is 25.3 Å². The molecule has 3 heteroatoms. The highest BCUT2D eigenvalue weighted by atomic mass is 28.3. The molecular weight excluding hydrogens is 358 g/mol. The van der Waals surface area contributed by atoms with Gasteiger partial charge in [-0.15, -0.1) is 5.54 Å². The van der Waals surface area contributed by atoms with Crippen LogP contribution >= 0.6 is 0 Å². The largest absolute Gasteiger partial charge is 0.311 e. The Bertz CT molecular complexity index is 905. The first-order valence-electron chi connectivity index (χ1n) is 10.4. The Balaban J connectivity index is 2.53. The Morgan fingerprint density at radius 2 is 1.46 bits per heavy atom. The minimum atomic E-state index is -1.82. The summed E-state index contributed by atoms with van der Waals surface area (Å²) in [5.41, 5.74) is 9.48. The molecule has 1 heterocycles. The van der Waals surface area contributed by atoms with E-state index >= 15 is 0 Å². The first-order valence-corrected chi connectivity index (χ1v) is 12.6. The maximum absolute atomic E-state index is 13.0. The number of aryl methyl sites for hydroxylation is 1. The molecule has 0 bridgehead atoms. The minimum Gasteiger partial charge on any atom is -0.311 e. The van der Waals surface area contributed by atoms with Crippen molar-refractivity contribution in [3.8, 4) is 11.5 Å². The van der Waals surface area contributed by atoms with Crippen LogP contribution in [0.15, 0.2) is 41.3 Å². The van der Waals surface area contributed by atoms with Crippen molar-refractivity contribution >= 4 is 8.07 Å². The SMILES string of the molecule is Cc1cn(Cc2ccccc2)c(=O)c(C)c1C#C[Si](C(C)C)(C(C)C)C(C)C. The van der Waals surface area contributed by atoms with Gasteiger partial charge in [0, 0.05) is 17.3 Å². The number of hydrogen-bond donors (Lipinski definition) is 0. The van der Waals surface area contributed by atoms with Gasteiger partial charge in [0.05, 0.1) is 6.54 Å². The molecule has 1 aromatic carbocycles. The van der Waals surface area contributed by atoms with Gasteiger partial charge in [0.1, 0.15) is 8.07 Å². The van der Waals surface area contributed by atoms with E-state index in [4.69, 9.17) is 0 Å². The molecular formula is C25H35NOSi. The number of aromatic nitrogens is 1. The molecule has 0 atom stereocenters. The van der Waals surface area contributed by atoms with E-state index in [-0.39, 0.29) is 5.56 Å². The Hall–Kier alpha value is -2.05. The Morgan fingerprint density at radius 3 is 1.96 bits per heavy atom. The van der Waals surface area contributed by atoms with Gasteiger partial charge in [0.25, 0.3) is 5.56 Å². The van der Waals surface area contributed by atoms with Gasteiger partial charge in [-0.05, 0) is 41.6 Å². The molecule has 0 aliphatic heterocycles. The van der Waals surface area contributed by atoms with E-state index < -0.39 is 8.07 Å². The van der Waals surface area contributed by atoms with Crippen LogP contribution in [-0.2, 0) is 6.54 Å². The Morgan fingerprint density at radius 1 is 0.929 bits per heavy atom. The summed E-state index contributed by atoms with van der Waals surface area (Å²) in [5.74, 6) is 3.50. The van der Waals surface area contributed by atoms with Crippen molar-refractivity contribution in [1.82, 2.24) is 4.57 Å². The Labute approximate surface area is 172 Å². The van der Waals surface area contributed by atoms with Gasteiger partial charge in [-0.1, -0.05) is 77.8 Å². The highest BCUT2D eigenvalue weighted by Crippen LogP contribution is 2.40. The lowest BCUT2D eigenvalue weighted by Crippen LogP contribution is -2.43. The summed E-state index contributed by atoms with van der Waals surface area (Å²) in [5, 5.41) is 0. The topological polar surface area (TPSA) is 22.0 Å². The van der Waals surface area contributed by atoms with Crippen molar-refractivity contribution in [3.63, 3.8) is 0 Å². The fourth-order valence-corrected chi connectivity index (χ4v) is 9.88. The van der Waals surface area contributed by atoms with Gasteiger partial charge < -0.3 is 4.57 Å². The van der Waals surface area contributed by atoms with Crippen LogP contribution in [0.5, 0.6) is 0 Å². The molecule has 0 radical (unpaired) electrons. The normalized spacial score (nSPS) is 11.8. The molecule has 0 saturated carbocycles. The van der Waals surface area contributed by atoms with E-state index in [0.29, 0.717) is 23.2 Å². The van der Waals surface area contributed by atoms with Crippen molar-refractivity contribution in [2.24, 2.45) is 0 Å². The summed E-state index contributed by atoms with van der Waals surface area (Å²) < 4.78 is 1.81. The zero-order chi connectivity index (χ0) is 21.1. The van der Waals surface area contributed by atoms with Crippen LogP contribution in [0.3, 0.4) is 0 Å². The van der Waals surface area contributed by atoms with Crippen molar-refractivity contribution < 1.29 is 0 Å². The fraction of sp³-hybridized carbons (Fsp3) is 0.480. The van der Waals surface area contributed by atoms with Gasteiger partial charge in [-0.3, -0.25) is 4.79 Å². The Kier molecular flexibility index (Phi) is 7.12. The summed E-state index contributed by atoms with van der Waals surface area (Å²) in [6, 6.07) is 10.1. The second-order valence-electron chi connectivity index (χ2n) is 8.88. The van der Waals surface area contributed by atoms with E-state index in [0.717, 1.165) is 22.3 Å². The van der Waals surface area contributed by atoms with Crippen molar-refractivity contribution in [3.05, 3.63) is 69.1 Å². The molecule has 1 aromatic heterocycles. The zero-order valence-electron chi connectivity index (χ0n) is 18.8. The average Bonchev–Trinajstić information content (AvgIpc) is 2.62. The van der Waals surface area contributed by atoms with Crippen molar-refractivity contribution in [1.29, 1.82) is 0 Å². The number of hydrogen-bond acceptors (Lipinski definition) is 1. The standard InChI is InChI=1S/C25H35NOSi/c1-18(2)28(19(3)4,20(5)6)15-14-24-21(7)16-26(25(27)22(24)8)17-23-12-10-9-11-13-23/h9-13,16,18-20H,17H2,1-8H3. The molecule has 2 nitrogen and oxygen atoms in total. The zero-order valence-corrected chi connectivity index (χ0v) is 19.8. The third kappa shape index (κ3) is 4.33. The second kappa shape index (κ2) is 8.96. The molecule has 0 unspecified atom stereocenters. The second-order valence-corrected chi connectivity index (χ2v) is 14.5. The molecule has 28 heavy (non-hydrogen) atoms. The smallest absolute Gasteiger partial charge is 0.255 e. The van der Waals surface area contributed by atoms with Crippen LogP contribution in [0.25, 0.3) is 0 Å². The molecule has 0 aliphatic rings. The predicted octanol–water partition coefficient (Wildman–Crippen LogP) is 6.08. The van der Waals surface area contributed by atoms with Gasteiger partial charge in [-0.25, -0.2) is 0 Å². The molecule has 2 aromatic rings. The van der Waals surface area contributed by atoms with Gasteiger partial charge >= 0.3 is 0 Å². The van der Waals surface area contributed by atoms with Crippen LogP contribution in [-0.4, -0.2) is 12.6 Å². The van der Waals surface area contributed by atoms with Crippen LogP contribution in [0.2, 0.25) is 16.6 Å². The minimum absolute atomic E-state index is 0.0599. The number of benzene rings is 1. The number of pyridine rings is 1. The van der Waals surface area contributed by atoms with Crippen molar-refractivity contribution in [2.75, 3.05) is 0 Å². The summed E-state index contributed by atoms with van der Waals surface area (Å²) in [7, 11) is -1.82. The first kappa shape index (κ1) is 22.2. The molecule has 2 rings (SSSR count). The third-order valence-electron chi connectivity index (χ3n) is 6.17. The molecule has 0 saturated heterocycles.